The van der Waals surface area contributed by atoms with E-state index in [1.165, 1.54) is 0 Å². The van der Waals surface area contributed by atoms with Crippen molar-refractivity contribution in [1.29, 1.82) is 0 Å². The van der Waals surface area contributed by atoms with Gasteiger partial charge in [-0.1, -0.05) is 13.8 Å². The first-order chi connectivity index (χ1) is 9.74. The first-order valence-corrected chi connectivity index (χ1v) is 7.96. The highest BCUT2D eigenvalue weighted by atomic mass is 32.1. The zero-order valence-electron chi connectivity index (χ0n) is 12.3. The van der Waals surface area contributed by atoms with Gasteiger partial charge in [-0.2, -0.15) is 0 Å². The molecule has 0 saturated heterocycles. The summed E-state index contributed by atoms with van der Waals surface area (Å²) in [5, 5.41) is 5.53. The fourth-order valence-corrected chi connectivity index (χ4v) is 2.73. The van der Waals surface area contributed by atoms with Gasteiger partial charge in [-0.05, 0) is 25.1 Å². The van der Waals surface area contributed by atoms with E-state index < -0.39 is 0 Å². The summed E-state index contributed by atoms with van der Waals surface area (Å²) in [5.74, 6) is 0. The van der Waals surface area contributed by atoms with Crippen LogP contribution in [0.5, 0.6) is 0 Å². The Bertz CT molecular complexity index is 495. The highest BCUT2D eigenvalue weighted by molar-refractivity contribution is 7.07. The van der Waals surface area contributed by atoms with Crippen molar-refractivity contribution in [2.45, 2.75) is 32.9 Å². The number of anilines is 1. The van der Waals surface area contributed by atoms with E-state index in [1.54, 1.807) is 11.3 Å². The highest BCUT2D eigenvalue weighted by Crippen LogP contribution is 2.19. The van der Waals surface area contributed by atoms with Crippen molar-refractivity contribution in [1.82, 2.24) is 15.3 Å². The molecule has 2 aromatic heterocycles. The van der Waals surface area contributed by atoms with Crippen molar-refractivity contribution >= 4 is 17.0 Å². The molecule has 1 atom stereocenters. The maximum Gasteiger partial charge on any atom is 0.0795 e. The van der Waals surface area contributed by atoms with Crippen molar-refractivity contribution in [3.8, 4) is 0 Å². The third-order valence-corrected chi connectivity index (χ3v) is 3.95. The molecule has 0 aliphatic rings. The molecule has 2 heterocycles. The van der Waals surface area contributed by atoms with Crippen LogP contribution in [0.25, 0.3) is 0 Å². The normalized spacial score (nSPS) is 12.3. The molecule has 2 rings (SSSR count). The second-order valence-electron chi connectivity index (χ2n) is 4.80. The zero-order chi connectivity index (χ0) is 14.4. The van der Waals surface area contributed by atoms with E-state index in [2.05, 4.69) is 58.6 Å². The van der Waals surface area contributed by atoms with Crippen LogP contribution in [-0.4, -0.2) is 23.6 Å². The minimum Gasteiger partial charge on any atom is -0.367 e. The Kier molecular flexibility index (Phi) is 5.49. The Labute approximate surface area is 124 Å². The van der Waals surface area contributed by atoms with Crippen LogP contribution in [-0.2, 0) is 6.54 Å². The molecule has 0 radical (unpaired) electrons. The number of thiazole rings is 1. The van der Waals surface area contributed by atoms with Gasteiger partial charge in [0.15, 0.2) is 0 Å². The fourth-order valence-electron chi connectivity index (χ4n) is 2.18. The van der Waals surface area contributed by atoms with Gasteiger partial charge in [0, 0.05) is 18.5 Å². The molecule has 0 bridgehead atoms. The first kappa shape index (κ1) is 14.9. The van der Waals surface area contributed by atoms with E-state index in [9.17, 15) is 0 Å². The largest absolute Gasteiger partial charge is 0.367 e. The third-order valence-electron chi connectivity index (χ3n) is 3.31. The topological polar surface area (TPSA) is 41.0 Å². The lowest BCUT2D eigenvalue weighted by atomic mass is 10.1. The molecule has 0 aromatic carbocycles. The Hall–Kier alpha value is -1.46. The van der Waals surface area contributed by atoms with Crippen molar-refractivity contribution in [3.05, 3.63) is 40.6 Å². The van der Waals surface area contributed by atoms with Crippen LogP contribution >= 0.6 is 11.3 Å². The van der Waals surface area contributed by atoms with Gasteiger partial charge in [0.1, 0.15) is 0 Å². The molecular weight excluding hydrogens is 268 g/mol. The van der Waals surface area contributed by atoms with Crippen molar-refractivity contribution < 1.29 is 0 Å². The molecule has 1 N–H and O–H groups in total. The molecule has 0 spiro atoms. The SMILES string of the molecule is CCNC(CC)c1ccc(N(C)Cc2cscn2)cn1. The second-order valence-corrected chi connectivity index (χ2v) is 5.51. The summed E-state index contributed by atoms with van der Waals surface area (Å²) in [5.41, 5.74) is 5.20. The van der Waals surface area contributed by atoms with E-state index in [0.717, 1.165) is 36.6 Å². The van der Waals surface area contributed by atoms with Crippen LogP contribution in [0.1, 0.15) is 37.7 Å². The number of hydrogen-bond acceptors (Lipinski definition) is 5. The molecule has 5 heteroatoms. The first-order valence-electron chi connectivity index (χ1n) is 7.02. The lowest BCUT2D eigenvalue weighted by molar-refractivity contribution is 0.525. The maximum atomic E-state index is 4.60. The minimum atomic E-state index is 0.345. The molecule has 0 amide bonds. The van der Waals surface area contributed by atoms with E-state index in [-0.39, 0.29) is 0 Å². The molecule has 4 nitrogen and oxygen atoms in total. The Morgan fingerprint density at radius 3 is 2.70 bits per heavy atom. The number of rotatable bonds is 7. The molecule has 2 aromatic rings. The number of nitrogens with one attached hydrogen (secondary N) is 1. The summed E-state index contributed by atoms with van der Waals surface area (Å²) in [6.07, 6.45) is 3.00. The molecule has 108 valence electrons. The summed E-state index contributed by atoms with van der Waals surface area (Å²) >= 11 is 1.63. The molecule has 0 saturated carbocycles. The van der Waals surface area contributed by atoms with Gasteiger partial charge >= 0.3 is 0 Å². The van der Waals surface area contributed by atoms with Crippen LogP contribution in [0.3, 0.4) is 0 Å². The summed E-state index contributed by atoms with van der Waals surface area (Å²) < 4.78 is 0. The fraction of sp³-hybridized carbons (Fsp3) is 0.467. The lowest BCUT2D eigenvalue weighted by Gasteiger charge is -2.20. The van der Waals surface area contributed by atoms with E-state index in [4.69, 9.17) is 0 Å². The molecule has 20 heavy (non-hydrogen) atoms. The third kappa shape index (κ3) is 3.77. The Balaban J connectivity index is 2.03. The molecule has 1 unspecified atom stereocenters. The van der Waals surface area contributed by atoms with Gasteiger partial charge in [-0.25, -0.2) is 4.98 Å². The summed E-state index contributed by atoms with van der Waals surface area (Å²) in [6.45, 7) is 6.08. The lowest BCUT2D eigenvalue weighted by Crippen LogP contribution is -2.21. The van der Waals surface area contributed by atoms with E-state index in [1.807, 2.05) is 11.7 Å². The van der Waals surface area contributed by atoms with Crippen molar-refractivity contribution in [2.24, 2.45) is 0 Å². The van der Waals surface area contributed by atoms with Crippen LogP contribution < -0.4 is 10.2 Å². The molecular formula is C15H22N4S. The minimum absolute atomic E-state index is 0.345. The van der Waals surface area contributed by atoms with Gasteiger partial charge < -0.3 is 10.2 Å². The second kappa shape index (κ2) is 7.36. The van der Waals surface area contributed by atoms with Crippen LogP contribution in [0.2, 0.25) is 0 Å². The average Bonchev–Trinajstić information content (AvgIpc) is 2.98. The van der Waals surface area contributed by atoms with Gasteiger partial charge in [0.05, 0.1) is 35.3 Å². The quantitative estimate of drug-likeness (QED) is 0.850. The van der Waals surface area contributed by atoms with Gasteiger partial charge in [-0.3, -0.25) is 4.98 Å². The summed E-state index contributed by atoms with van der Waals surface area (Å²) in [4.78, 5) is 11.1. The predicted molar refractivity (Wildman–Crippen MR) is 85.2 cm³/mol. The summed E-state index contributed by atoms with van der Waals surface area (Å²) in [7, 11) is 2.07. The number of nitrogens with zero attached hydrogens (tertiary/aromatic N) is 3. The smallest absolute Gasteiger partial charge is 0.0795 e. The van der Waals surface area contributed by atoms with E-state index in [0.29, 0.717) is 6.04 Å². The monoisotopic (exact) mass is 290 g/mol. The van der Waals surface area contributed by atoms with Gasteiger partial charge in [0.2, 0.25) is 0 Å². The number of aromatic nitrogens is 2. The Morgan fingerprint density at radius 2 is 2.15 bits per heavy atom. The predicted octanol–water partition coefficient (Wildman–Crippen LogP) is 3.24. The molecule has 0 aliphatic heterocycles. The molecule has 0 aliphatic carbocycles. The van der Waals surface area contributed by atoms with Crippen molar-refractivity contribution in [2.75, 3.05) is 18.5 Å². The van der Waals surface area contributed by atoms with Crippen LogP contribution in [0.4, 0.5) is 5.69 Å². The number of hydrogen-bond donors (Lipinski definition) is 1. The van der Waals surface area contributed by atoms with E-state index >= 15 is 0 Å². The molecule has 0 fully saturated rings. The average molecular weight is 290 g/mol. The number of pyridine rings is 1. The Morgan fingerprint density at radius 1 is 1.30 bits per heavy atom. The zero-order valence-corrected chi connectivity index (χ0v) is 13.2. The van der Waals surface area contributed by atoms with Crippen LogP contribution in [0, 0.1) is 0 Å². The highest BCUT2D eigenvalue weighted by Gasteiger charge is 2.10. The summed E-state index contributed by atoms with van der Waals surface area (Å²) in [6, 6.07) is 4.59. The van der Waals surface area contributed by atoms with Gasteiger partial charge in [0.25, 0.3) is 0 Å². The standard InChI is InChI=1S/C15H22N4S/c1-4-14(16-5-2)15-7-6-13(8-17-15)19(3)9-12-10-20-11-18-12/h6-8,10-11,14,16H,4-5,9H2,1-3H3. The van der Waals surface area contributed by atoms with Crippen molar-refractivity contribution in [3.63, 3.8) is 0 Å². The van der Waals surface area contributed by atoms with Crippen LogP contribution in [0.15, 0.2) is 29.2 Å². The maximum absolute atomic E-state index is 4.60. The van der Waals surface area contributed by atoms with Gasteiger partial charge in [-0.15, -0.1) is 11.3 Å².